The number of ether oxygens (including phenoxy) is 2. The normalized spacial score (nSPS) is 12.2. The highest BCUT2D eigenvalue weighted by molar-refractivity contribution is 5.43. The van der Waals surface area contributed by atoms with Crippen molar-refractivity contribution in [3.8, 4) is 11.5 Å². The molecule has 96 valence electrons. The molecule has 3 heteroatoms. The van der Waals surface area contributed by atoms with E-state index in [4.69, 9.17) is 9.47 Å². The first-order chi connectivity index (χ1) is 8.21. The minimum atomic E-state index is 0.212. The quantitative estimate of drug-likeness (QED) is 0.791. The van der Waals surface area contributed by atoms with Gasteiger partial charge in [-0.25, -0.2) is 0 Å². The van der Waals surface area contributed by atoms with E-state index < -0.39 is 0 Å². The van der Waals surface area contributed by atoms with Gasteiger partial charge in [-0.15, -0.1) is 0 Å². The smallest absolute Gasteiger partial charge is 0.161 e. The van der Waals surface area contributed by atoms with Crippen molar-refractivity contribution < 1.29 is 9.47 Å². The molecule has 0 fully saturated rings. The van der Waals surface area contributed by atoms with Gasteiger partial charge in [0.25, 0.3) is 0 Å². The third-order valence-electron chi connectivity index (χ3n) is 2.71. The molecule has 1 aromatic rings. The van der Waals surface area contributed by atoms with Gasteiger partial charge >= 0.3 is 0 Å². The van der Waals surface area contributed by atoms with E-state index in [1.165, 1.54) is 5.56 Å². The van der Waals surface area contributed by atoms with Crippen LogP contribution in [0.15, 0.2) is 18.2 Å². The van der Waals surface area contributed by atoms with Crippen molar-refractivity contribution in [1.29, 1.82) is 0 Å². The van der Waals surface area contributed by atoms with Gasteiger partial charge in [-0.3, -0.25) is 0 Å². The average Bonchev–Trinajstić information content (AvgIpc) is 2.37. The van der Waals surface area contributed by atoms with Gasteiger partial charge in [0.15, 0.2) is 11.5 Å². The molecule has 17 heavy (non-hydrogen) atoms. The van der Waals surface area contributed by atoms with E-state index >= 15 is 0 Å². The van der Waals surface area contributed by atoms with Gasteiger partial charge in [-0.1, -0.05) is 19.9 Å². The molecule has 0 bridgehead atoms. The van der Waals surface area contributed by atoms with Gasteiger partial charge in [-0.05, 0) is 37.6 Å². The van der Waals surface area contributed by atoms with E-state index in [9.17, 15) is 0 Å². The molecule has 0 aromatic heterocycles. The van der Waals surface area contributed by atoms with Crippen LogP contribution in [-0.4, -0.2) is 19.8 Å². The molecule has 0 aliphatic rings. The maximum Gasteiger partial charge on any atom is 0.161 e. The molecule has 0 aliphatic carbocycles. The largest absolute Gasteiger partial charge is 0.493 e. The average molecular weight is 237 g/mol. The van der Waals surface area contributed by atoms with Crippen molar-refractivity contribution in [3.05, 3.63) is 23.8 Å². The minimum absolute atomic E-state index is 0.212. The van der Waals surface area contributed by atoms with E-state index in [0.29, 0.717) is 0 Å². The van der Waals surface area contributed by atoms with Gasteiger partial charge in [0.1, 0.15) is 0 Å². The van der Waals surface area contributed by atoms with Crippen LogP contribution < -0.4 is 14.8 Å². The molecule has 0 amide bonds. The van der Waals surface area contributed by atoms with E-state index in [1.54, 1.807) is 7.11 Å². The highest BCUT2D eigenvalue weighted by Crippen LogP contribution is 2.29. The molecular weight excluding hydrogens is 214 g/mol. The lowest BCUT2D eigenvalue weighted by molar-refractivity contribution is 0.207. The second kappa shape index (κ2) is 7.17. The molecular formula is C14H23NO2. The Bertz CT molecular complexity index is 339. The summed E-state index contributed by atoms with van der Waals surface area (Å²) in [7, 11) is 1.68. The summed E-state index contributed by atoms with van der Waals surface area (Å²) in [5.41, 5.74) is 1.21. The zero-order chi connectivity index (χ0) is 12.7. The SMILES string of the molecule is CCNCc1ccc(O[C@@H](C)CC)c(OC)c1. The summed E-state index contributed by atoms with van der Waals surface area (Å²) in [6, 6.07) is 6.08. The van der Waals surface area contributed by atoms with Gasteiger partial charge in [0.2, 0.25) is 0 Å². The highest BCUT2D eigenvalue weighted by atomic mass is 16.5. The van der Waals surface area contributed by atoms with Crippen molar-refractivity contribution in [2.75, 3.05) is 13.7 Å². The summed E-state index contributed by atoms with van der Waals surface area (Å²) in [6.45, 7) is 8.09. The van der Waals surface area contributed by atoms with E-state index in [0.717, 1.165) is 31.0 Å². The van der Waals surface area contributed by atoms with Gasteiger partial charge in [0.05, 0.1) is 13.2 Å². The summed E-state index contributed by atoms with van der Waals surface area (Å²) in [5.74, 6) is 1.63. The van der Waals surface area contributed by atoms with E-state index in [1.807, 2.05) is 12.1 Å². The first-order valence-electron chi connectivity index (χ1n) is 6.25. The number of hydrogen-bond donors (Lipinski definition) is 1. The van der Waals surface area contributed by atoms with Crippen LogP contribution in [0.25, 0.3) is 0 Å². The van der Waals surface area contributed by atoms with Crippen LogP contribution >= 0.6 is 0 Å². The Balaban J connectivity index is 2.77. The Morgan fingerprint density at radius 1 is 1.24 bits per heavy atom. The third kappa shape index (κ3) is 4.27. The van der Waals surface area contributed by atoms with Crippen molar-refractivity contribution in [2.24, 2.45) is 0 Å². The maximum absolute atomic E-state index is 5.80. The lowest BCUT2D eigenvalue weighted by atomic mass is 10.2. The first-order valence-corrected chi connectivity index (χ1v) is 6.25. The molecule has 0 heterocycles. The molecule has 0 saturated carbocycles. The topological polar surface area (TPSA) is 30.5 Å². The zero-order valence-electron chi connectivity index (χ0n) is 11.2. The number of benzene rings is 1. The molecule has 0 radical (unpaired) electrons. The molecule has 3 nitrogen and oxygen atoms in total. The molecule has 1 rings (SSSR count). The van der Waals surface area contributed by atoms with Crippen LogP contribution in [0.3, 0.4) is 0 Å². The lowest BCUT2D eigenvalue weighted by Gasteiger charge is -2.16. The predicted molar refractivity (Wildman–Crippen MR) is 70.8 cm³/mol. The Morgan fingerprint density at radius 2 is 2.00 bits per heavy atom. The van der Waals surface area contributed by atoms with Crippen LogP contribution in [0, 0.1) is 0 Å². The molecule has 0 spiro atoms. The molecule has 1 atom stereocenters. The van der Waals surface area contributed by atoms with E-state index in [-0.39, 0.29) is 6.10 Å². The van der Waals surface area contributed by atoms with Crippen LogP contribution in [0.2, 0.25) is 0 Å². The Hall–Kier alpha value is -1.22. The fourth-order valence-corrected chi connectivity index (χ4v) is 1.49. The van der Waals surface area contributed by atoms with Crippen molar-refractivity contribution in [1.82, 2.24) is 5.32 Å². The number of methoxy groups -OCH3 is 1. The Labute approximate surface area is 104 Å². The van der Waals surface area contributed by atoms with Crippen LogP contribution in [0.5, 0.6) is 11.5 Å². The summed E-state index contributed by atoms with van der Waals surface area (Å²) in [4.78, 5) is 0. The number of rotatable bonds is 7. The summed E-state index contributed by atoms with van der Waals surface area (Å²) < 4.78 is 11.2. The molecule has 0 unspecified atom stereocenters. The lowest BCUT2D eigenvalue weighted by Crippen LogP contribution is -2.13. The fraction of sp³-hybridized carbons (Fsp3) is 0.571. The highest BCUT2D eigenvalue weighted by Gasteiger charge is 2.08. The van der Waals surface area contributed by atoms with Crippen molar-refractivity contribution in [3.63, 3.8) is 0 Å². The van der Waals surface area contributed by atoms with Gasteiger partial charge in [0, 0.05) is 6.54 Å². The standard InChI is InChI=1S/C14H23NO2/c1-5-11(3)17-13-8-7-12(10-15-6-2)9-14(13)16-4/h7-9,11,15H,5-6,10H2,1-4H3/t11-/m0/s1. The van der Waals surface area contributed by atoms with Crippen molar-refractivity contribution in [2.45, 2.75) is 39.8 Å². The molecule has 1 N–H and O–H groups in total. The zero-order valence-corrected chi connectivity index (χ0v) is 11.2. The monoisotopic (exact) mass is 237 g/mol. The summed E-state index contributed by atoms with van der Waals surface area (Å²) in [5, 5.41) is 3.29. The number of hydrogen-bond acceptors (Lipinski definition) is 3. The molecule has 1 aromatic carbocycles. The molecule has 0 saturated heterocycles. The van der Waals surface area contributed by atoms with Crippen molar-refractivity contribution >= 4 is 0 Å². The Kier molecular flexibility index (Phi) is 5.84. The third-order valence-corrected chi connectivity index (χ3v) is 2.71. The summed E-state index contributed by atoms with van der Waals surface area (Å²) >= 11 is 0. The fourth-order valence-electron chi connectivity index (χ4n) is 1.49. The second-order valence-corrected chi connectivity index (χ2v) is 4.10. The number of nitrogens with one attached hydrogen (secondary N) is 1. The van der Waals surface area contributed by atoms with Gasteiger partial charge < -0.3 is 14.8 Å². The van der Waals surface area contributed by atoms with Crippen LogP contribution in [0.1, 0.15) is 32.8 Å². The van der Waals surface area contributed by atoms with Crippen LogP contribution in [0.4, 0.5) is 0 Å². The molecule has 0 aliphatic heterocycles. The predicted octanol–water partition coefficient (Wildman–Crippen LogP) is 2.98. The first kappa shape index (κ1) is 13.8. The van der Waals surface area contributed by atoms with Crippen LogP contribution in [-0.2, 0) is 6.54 Å². The maximum atomic E-state index is 5.80. The second-order valence-electron chi connectivity index (χ2n) is 4.10. The van der Waals surface area contributed by atoms with E-state index in [2.05, 4.69) is 32.2 Å². The summed E-state index contributed by atoms with van der Waals surface area (Å²) in [6.07, 6.45) is 1.20. The Morgan fingerprint density at radius 3 is 2.59 bits per heavy atom. The van der Waals surface area contributed by atoms with Gasteiger partial charge in [-0.2, -0.15) is 0 Å². The minimum Gasteiger partial charge on any atom is -0.493 e.